The molecule has 2 rings (SSSR count). The van der Waals surface area contributed by atoms with Crippen molar-refractivity contribution in [2.45, 2.75) is 0 Å². The van der Waals surface area contributed by atoms with Gasteiger partial charge in [0.2, 0.25) is 0 Å². The summed E-state index contributed by atoms with van der Waals surface area (Å²) in [6.45, 7) is 12.0. The molecule has 4 heteroatoms. The first-order valence-corrected chi connectivity index (χ1v) is 5.53. The number of nitrogens with zero attached hydrogens (tertiary/aromatic N) is 2. The van der Waals surface area contributed by atoms with Crippen LogP contribution in [0.4, 0.5) is 0 Å². The first-order valence-electron chi connectivity index (χ1n) is 5.53. The van der Waals surface area contributed by atoms with E-state index in [4.69, 9.17) is 4.74 Å². The number of ether oxygens (including phenoxy) is 1. The van der Waals surface area contributed by atoms with Crippen LogP contribution >= 0.6 is 0 Å². The Kier molecular flexibility index (Phi) is 4.19. The van der Waals surface area contributed by atoms with Gasteiger partial charge in [-0.25, -0.2) is 0 Å². The second kappa shape index (κ2) is 5.66. The Hall–Kier alpha value is -0.160. The van der Waals surface area contributed by atoms with Crippen molar-refractivity contribution in [1.82, 2.24) is 15.1 Å². The van der Waals surface area contributed by atoms with Gasteiger partial charge >= 0.3 is 0 Å². The molecule has 0 aromatic heterocycles. The lowest BCUT2D eigenvalue weighted by molar-refractivity contribution is 0.0470. The molecule has 0 unspecified atom stereocenters. The summed E-state index contributed by atoms with van der Waals surface area (Å²) in [7, 11) is 0. The van der Waals surface area contributed by atoms with Crippen molar-refractivity contribution in [1.29, 1.82) is 0 Å². The van der Waals surface area contributed by atoms with Crippen LogP contribution in [0.15, 0.2) is 0 Å². The summed E-state index contributed by atoms with van der Waals surface area (Å²) in [5.41, 5.74) is 0. The molecule has 2 saturated heterocycles. The van der Waals surface area contributed by atoms with Gasteiger partial charge in [-0.3, -0.25) is 9.80 Å². The second-order valence-corrected chi connectivity index (χ2v) is 3.88. The SMILES string of the molecule is [CH](CN1CCNCC1)N1CCOCC1. The van der Waals surface area contributed by atoms with E-state index < -0.39 is 0 Å². The molecular formula is C10H20N3O. The summed E-state index contributed by atoms with van der Waals surface area (Å²) in [5.74, 6) is 0. The van der Waals surface area contributed by atoms with Gasteiger partial charge in [-0.1, -0.05) is 0 Å². The van der Waals surface area contributed by atoms with E-state index >= 15 is 0 Å². The molecule has 0 aromatic carbocycles. The zero-order valence-electron chi connectivity index (χ0n) is 8.74. The van der Waals surface area contributed by atoms with Gasteiger partial charge in [0.1, 0.15) is 0 Å². The predicted octanol–water partition coefficient (Wildman–Crippen LogP) is -0.614. The quantitative estimate of drug-likeness (QED) is 0.654. The highest BCUT2D eigenvalue weighted by molar-refractivity contribution is 4.77. The van der Waals surface area contributed by atoms with E-state index in [9.17, 15) is 0 Å². The van der Waals surface area contributed by atoms with Crippen LogP contribution in [-0.4, -0.2) is 68.8 Å². The van der Waals surface area contributed by atoms with Crippen LogP contribution in [0.2, 0.25) is 0 Å². The summed E-state index contributed by atoms with van der Waals surface area (Å²) in [6, 6.07) is 0. The van der Waals surface area contributed by atoms with Gasteiger partial charge in [-0.2, -0.15) is 0 Å². The molecular weight excluding hydrogens is 178 g/mol. The Balaban J connectivity index is 1.60. The number of nitrogens with one attached hydrogen (secondary N) is 1. The topological polar surface area (TPSA) is 27.7 Å². The van der Waals surface area contributed by atoms with Crippen LogP contribution in [-0.2, 0) is 4.74 Å². The normalized spacial score (nSPS) is 26.6. The molecule has 4 nitrogen and oxygen atoms in total. The Bertz CT molecular complexity index is 135. The lowest BCUT2D eigenvalue weighted by Gasteiger charge is -2.31. The minimum Gasteiger partial charge on any atom is -0.379 e. The van der Waals surface area contributed by atoms with Gasteiger partial charge < -0.3 is 10.1 Å². The third kappa shape index (κ3) is 3.20. The van der Waals surface area contributed by atoms with Crippen molar-refractivity contribution >= 4 is 0 Å². The highest BCUT2D eigenvalue weighted by Crippen LogP contribution is 2.01. The molecule has 0 aromatic rings. The smallest absolute Gasteiger partial charge is 0.0594 e. The molecule has 0 aliphatic carbocycles. The summed E-state index contributed by atoms with van der Waals surface area (Å²) in [4.78, 5) is 4.87. The number of hydrogen-bond acceptors (Lipinski definition) is 4. The fraction of sp³-hybridized carbons (Fsp3) is 0.900. The van der Waals surface area contributed by atoms with E-state index in [2.05, 4.69) is 21.7 Å². The summed E-state index contributed by atoms with van der Waals surface area (Å²) in [6.07, 6.45) is 0. The van der Waals surface area contributed by atoms with Crippen molar-refractivity contribution in [2.75, 3.05) is 59.0 Å². The fourth-order valence-corrected chi connectivity index (χ4v) is 1.88. The maximum atomic E-state index is 5.31. The van der Waals surface area contributed by atoms with Crippen LogP contribution < -0.4 is 5.32 Å². The molecule has 0 saturated carbocycles. The Morgan fingerprint density at radius 2 is 1.79 bits per heavy atom. The molecule has 2 aliphatic heterocycles. The maximum absolute atomic E-state index is 5.31. The monoisotopic (exact) mass is 198 g/mol. The molecule has 81 valence electrons. The van der Waals surface area contributed by atoms with E-state index in [1.54, 1.807) is 0 Å². The minimum atomic E-state index is 0.887. The zero-order valence-corrected chi connectivity index (χ0v) is 8.74. The Morgan fingerprint density at radius 1 is 1.07 bits per heavy atom. The lowest BCUT2D eigenvalue weighted by Crippen LogP contribution is -2.46. The molecule has 1 N–H and O–H groups in total. The standard InChI is InChI=1S/C10H20N3O/c1-3-12(4-2-11-1)5-6-13-7-9-14-10-8-13/h6,11H,1-5,7-10H2. The highest BCUT2D eigenvalue weighted by Gasteiger charge is 2.13. The molecule has 1 radical (unpaired) electrons. The van der Waals surface area contributed by atoms with Crippen LogP contribution in [0.1, 0.15) is 0 Å². The van der Waals surface area contributed by atoms with E-state index in [0.29, 0.717) is 0 Å². The molecule has 0 amide bonds. The van der Waals surface area contributed by atoms with Crippen LogP contribution in [0.3, 0.4) is 0 Å². The summed E-state index contributed by atoms with van der Waals surface area (Å²) < 4.78 is 5.31. The van der Waals surface area contributed by atoms with Crippen molar-refractivity contribution < 1.29 is 4.74 Å². The Morgan fingerprint density at radius 3 is 2.50 bits per heavy atom. The first-order chi connectivity index (χ1) is 6.95. The number of piperazine rings is 1. The number of rotatable bonds is 3. The molecule has 2 fully saturated rings. The number of hydrogen-bond donors (Lipinski definition) is 1. The Labute approximate surface area is 86.2 Å². The van der Waals surface area contributed by atoms with Crippen LogP contribution in [0.25, 0.3) is 0 Å². The second-order valence-electron chi connectivity index (χ2n) is 3.88. The third-order valence-corrected chi connectivity index (χ3v) is 2.85. The van der Waals surface area contributed by atoms with Gasteiger partial charge in [0.05, 0.1) is 13.2 Å². The zero-order chi connectivity index (χ0) is 9.64. The van der Waals surface area contributed by atoms with Gasteiger partial charge in [0, 0.05) is 52.4 Å². The van der Waals surface area contributed by atoms with Crippen molar-refractivity contribution in [3.63, 3.8) is 0 Å². The summed E-state index contributed by atoms with van der Waals surface area (Å²) in [5, 5.41) is 3.36. The van der Waals surface area contributed by atoms with Gasteiger partial charge in [0.25, 0.3) is 0 Å². The van der Waals surface area contributed by atoms with Gasteiger partial charge in [0.15, 0.2) is 0 Å². The maximum Gasteiger partial charge on any atom is 0.0594 e. The van der Waals surface area contributed by atoms with Crippen LogP contribution in [0.5, 0.6) is 0 Å². The van der Waals surface area contributed by atoms with E-state index in [1.165, 1.54) is 13.1 Å². The van der Waals surface area contributed by atoms with Crippen molar-refractivity contribution in [3.05, 3.63) is 6.54 Å². The largest absolute Gasteiger partial charge is 0.379 e. The molecule has 14 heavy (non-hydrogen) atoms. The third-order valence-electron chi connectivity index (χ3n) is 2.85. The average molecular weight is 198 g/mol. The van der Waals surface area contributed by atoms with E-state index in [0.717, 1.165) is 45.9 Å². The van der Waals surface area contributed by atoms with Crippen molar-refractivity contribution in [3.8, 4) is 0 Å². The van der Waals surface area contributed by atoms with Crippen LogP contribution in [0, 0.1) is 6.54 Å². The molecule has 2 aliphatic rings. The molecule has 2 heterocycles. The van der Waals surface area contributed by atoms with Gasteiger partial charge in [-0.15, -0.1) is 0 Å². The predicted molar refractivity (Wildman–Crippen MR) is 56.0 cm³/mol. The first kappa shape index (κ1) is 10.4. The van der Waals surface area contributed by atoms with Crippen molar-refractivity contribution in [2.24, 2.45) is 0 Å². The lowest BCUT2D eigenvalue weighted by atomic mass is 10.3. The minimum absolute atomic E-state index is 0.887. The van der Waals surface area contributed by atoms with E-state index in [-0.39, 0.29) is 0 Å². The average Bonchev–Trinajstić information content (AvgIpc) is 2.29. The summed E-state index contributed by atoms with van der Waals surface area (Å²) >= 11 is 0. The molecule has 0 spiro atoms. The molecule has 0 bridgehead atoms. The fourth-order valence-electron chi connectivity index (χ4n) is 1.88. The highest BCUT2D eigenvalue weighted by atomic mass is 16.5. The van der Waals surface area contributed by atoms with E-state index in [1.807, 2.05) is 0 Å². The van der Waals surface area contributed by atoms with Gasteiger partial charge in [-0.05, 0) is 0 Å². The molecule has 0 atom stereocenters. The number of morpholine rings is 1.